The van der Waals surface area contributed by atoms with Gasteiger partial charge in [-0.25, -0.2) is 4.98 Å². The number of rotatable bonds is 4. The molecule has 1 aliphatic heterocycles. The van der Waals surface area contributed by atoms with Crippen molar-refractivity contribution in [3.8, 4) is 0 Å². The first-order valence-electron chi connectivity index (χ1n) is 6.78. The highest BCUT2D eigenvalue weighted by atomic mass is 32.1. The molecule has 0 radical (unpaired) electrons. The molecule has 1 saturated carbocycles. The number of carbonyl (C=O) groups excluding carboxylic acids is 1. The topological polar surface area (TPSA) is 61.4 Å². The van der Waals surface area contributed by atoms with E-state index in [0.717, 1.165) is 37.1 Å². The highest BCUT2D eigenvalue weighted by molar-refractivity contribution is 7.09. The van der Waals surface area contributed by atoms with Crippen LogP contribution in [-0.4, -0.2) is 59.9 Å². The number of piperazine rings is 1. The van der Waals surface area contributed by atoms with E-state index >= 15 is 0 Å². The van der Waals surface area contributed by atoms with Crippen LogP contribution in [0.25, 0.3) is 0 Å². The number of carbonyl (C=O) groups is 1. The highest BCUT2D eigenvalue weighted by Crippen LogP contribution is 2.39. The molecule has 104 valence electrons. The van der Waals surface area contributed by atoms with Gasteiger partial charge in [-0.15, -0.1) is 0 Å². The molecule has 1 amide bonds. The van der Waals surface area contributed by atoms with E-state index in [4.69, 9.17) is 0 Å². The molecule has 19 heavy (non-hydrogen) atoms. The summed E-state index contributed by atoms with van der Waals surface area (Å²) in [6, 6.07) is 0. The molecule has 0 bridgehead atoms. The van der Waals surface area contributed by atoms with Crippen molar-refractivity contribution >= 4 is 22.6 Å². The van der Waals surface area contributed by atoms with Crippen LogP contribution in [0.5, 0.6) is 0 Å². The van der Waals surface area contributed by atoms with E-state index in [1.54, 1.807) is 7.05 Å². The van der Waals surface area contributed by atoms with Gasteiger partial charge in [0, 0.05) is 50.7 Å². The van der Waals surface area contributed by atoms with E-state index in [0.29, 0.717) is 12.5 Å². The molecular formula is C12H19N5OS. The summed E-state index contributed by atoms with van der Waals surface area (Å²) in [5, 5.41) is 3.71. The predicted molar refractivity (Wildman–Crippen MR) is 74.6 cm³/mol. The number of nitrogens with one attached hydrogen (secondary N) is 1. The van der Waals surface area contributed by atoms with E-state index < -0.39 is 0 Å². The van der Waals surface area contributed by atoms with Crippen molar-refractivity contribution in [2.75, 3.05) is 44.7 Å². The molecule has 0 spiro atoms. The summed E-state index contributed by atoms with van der Waals surface area (Å²) in [6.45, 7) is 4.16. The number of hydrogen-bond acceptors (Lipinski definition) is 6. The minimum atomic E-state index is 0.0837. The van der Waals surface area contributed by atoms with Gasteiger partial charge in [0.05, 0.1) is 6.54 Å². The van der Waals surface area contributed by atoms with E-state index in [1.807, 2.05) is 0 Å². The predicted octanol–water partition coefficient (Wildman–Crippen LogP) is 0.283. The van der Waals surface area contributed by atoms with Crippen LogP contribution in [0.2, 0.25) is 0 Å². The first-order valence-corrected chi connectivity index (χ1v) is 7.55. The van der Waals surface area contributed by atoms with Crippen molar-refractivity contribution in [1.82, 2.24) is 19.6 Å². The first kappa shape index (κ1) is 12.8. The zero-order valence-electron chi connectivity index (χ0n) is 11.1. The zero-order valence-corrected chi connectivity index (χ0v) is 11.9. The molecule has 1 N–H and O–H groups in total. The lowest BCUT2D eigenvalue weighted by Crippen LogP contribution is -2.49. The number of hydrogen-bond donors (Lipinski definition) is 1. The zero-order chi connectivity index (χ0) is 13.2. The lowest BCUT2D eigenvalue weighted by molar-refractivity contribution is -0.121. The van der Waals surface area contributed by atoms with Gasteiger partial charge in [0.15, 0.2) is 0 Å². The minimum absolute atomic E-state index is 0.0837. The van der Waals surface area contributed by atoms with E-state index in [1.165, 1.54) is 24.4 Å². The van der Waals surface area contributed by atoms with Gasteiger partial charge in [-0.3, -0.25) is 9.69 Å². The Morgan fingerprint density at radius 2 is 2.11 bits per heavy atom. The fourth-order valence-corrected chi connectivity index (χ4v) is 3.04. The van der Waals surface area contributed by atoms with Crippen molar-refractivity contribution in [3.63, 3.8) is 0 Å². The van der Waals surface area contributed by atoms with Crippen LogP contribution >= 0.6 is 11.5 Å². The molecule has 2 heterocycles. The molecule has 2 aliphatic rings. The molecule has 3 rings (SSSR count). The molecule has 0 aromatic carbocycles. The Kier molecular flexibility index (Phi) is 3.65. The van der Waals surface area contributed by atoms with Crippen molar-refractivity contribution in [2.45, 2.75) is 18.8 Å². The molecule has 0 unspecified atom stereocenters. The molecular weight excluding hydrogens is 262 g/mol. The monoisotopic (exact) mass is 281 g/mol. The second-order valence-electron chi connectivity index (χ2n) is 5.15. The molecule has 0 atom stereocenters. The Morgan fingerprint density at radius 3 is 2.74 bits per heavy atom. The third kappa shape index (κ3) is 3.03. The van der Waals surface area contributed by atoms with Crippen LogP contribution in [0.15, 0.2) is 0 Å². The van der Waals surface area contributed by atoms with E-state index in [2.05, 4.69) is 24.5 Å². The van der Waals surface area contributed by atoms with Gasteiger partial charge in [0.1, 0.15) is 5.82 Å². The molecule has 1 aromatic rings. The summed E-state index contributed by atoms with van der Waals surface area (Å²) in [7, 11) is 1.68. The highest BCUT2D eigenvalue weighted by Gasteiger charge is 2.29. The summed E-state index contributed by atoms with van der Waals surface area (Å²) in [6.07, 6.45) is 2.49. The maximum absolute atomic E-state index is 11.3. The second kappa shape index (κ2) is 5.42. The van der Waals surface area contributed by atoms with Crippen molar-refractivity contribution in [3.05, 3.63) is 5.82 Å². The van der Waals surface area contributed by atoms with E-state index in [-0.39, 0.29) is 5.91 Å². The molecule has 1 aromatic heterocycles. The number of amides is 1. The molecule has 1 aliphatic carbocycles. The number of anilines is 1. The Hall–Kier alpha value is -1.21. The van der Waals surface area contributed by atoms with Crippen molar-refractivity contribution in [2.24, 2.45) is 0 Å². The summed E-state index contributed by atoms with van der Waals surface area (Å²) in [5.41, 5.74) is 0. The average Bonchev–Trinajstić information content (AvgIpc) is 3.17. The van der Waals surface area contributed by atoms with Crippen LogP contribution in [0.3, 0.4) is 0 Å². The van der Waals surface area contributed by atoms with Gasteiger partial charge in [-0.1, -0.05) is 0 Å². The van der Waals surface area contributed by atoms with Gasteiger partial charge in [-0.2, -0.15) is 4.37 Å². The van der Waals surface area contributed by atoms with Crippen LogP contribution in [0, 0.1) is 0 Å². The maximum Gasteiger partial charge on any atom is 0.233 e. The summed E-state index contributed by atoms with van der Waals surface area (Å²) in [4.78, 5) is 20.4. The number of likely N-dealkylation sites (N-methyl/N-ethyl adjacent to an activating group) is 1. The standard InChI is InChI=1S/C12H19N5OS/c1-13-10(18)8-16-4-6-17(7-5-16)12-14-11(15-19-12)9-2-3-9/h9H,2-8H2,1H3,(H,13,18). The summed E-state index contributed by atoms with van der Waals surface area (Å²) >= 11 is 1.51. The molecule has 1 saturated heterocycles. The fraction of sp³-hybridized carbons (Fsp3) is 0.750. The number of aromatic nitrogens is 2. The third-order valence-electron chi connectivity index (χ3n) is 3.66. The van der Waals surface area contributed by atoms with E-state index in [9.17, 15) is 4.79 Å². The van der Waals surface area contributed by atoms with Gasteiger partial charge >= 0.3 is 0 Å². The van der Waals surface area contributed by atoms with Crippen LogP contribution < -0.4 is 10.2 Å². The lowest BCUT2D eigenvalue weighted by atomic mass is 10.3. The number of nitrogens with zero attached hydrogens (tertiary/aromatic N) is 4. The SMILES string of the molecule is CNC(=O)CN1CCN(c2nc(C3CC3)ns2)CC1. The fourth-order valence-electron chi connectivity index (χ4n) is 2.24. The third-order valence-corrected chi connectivity index (χ3v) is 4.45. The van der Waals surface area contributed by atoms with Crippen molar-refractivity contribution in [1.29, 1.82) is 0 Å². The summed E-state index contributed by atoms with van der Waals surface area (Å²) < 4.78 is 4.45. The molecule has 6 nitrogen and oxygen atoms in total. The van der Waals surface area contributed by atoms with Crippen LogP contribution in [0.4, 0.5) is 5.13 Å². The van der Waals surface area contributed by atoms with Crippen LogP contribution in [0.1, 0.15) is 24.6 Å². The smallest absolute Gasteiger partial charge is 0.233 e. The van der Waals surface area contributed by atoms with Gasteiger partial charge in [-0.05, 0) is 12.8 Å². The van der Waals surface area contributed by atoms with Crippen molar-refractivity contribution < 1.29 is 4.79 Å². The molecule has 2 fully saturated rings. The lowest BCUT2D eigenvalue weighted by Gasteiger charge is -2.33. The average molecular weight is 281 g/mol. The van der Waals surface area contributed by atoms with Crippen LogP contribution in [-0.2, 0) is 4.79 Å². The summed E-state index contributed by atoms with van der Waals surface area (Å²) in [5.74, 6) is 1.74. The maximum atomic E-state index is 11.3. The first-order chi connectivity index (χ1) is 9.26. The van der Waals surface area contributed by atoms with Gasteiger partial charge in [0.2, 0.25) is 11.0 Å². The minimum Gasteiger partial charge on any atom is -0.358 e. The molecule has 7 heteroatoms. The Labute approximate surface area is 117 Å². The quantitative estimate of drug-likeness (QED) is 0.859. The largest absolute Gasteiger partial charge is 0.358 e. The normalized spacial score (nSPS) is 20.6. The Morgan fingerprint density at radius 1 is 1.37 bits per heavy atom. The Balaban J connectivity index is 1.52. The Bertz CT molecular complexity index is 451. The van der Waals surface area contributed by atoms with Gasteiger partial charge < -0.3 is 10.2 Å². The van der Waals surface area contributed by atoms with Gasteiger partial charge in [0.25, 0.3) is 0 Å². The second-order valence-corrected chi connectivity index (χ2v) is 5.88.